The number of nitrogens with zero attached hydrogens (tertiary/aromatic N) is 3. The van der Waals surface area contributed by atoms with E-state index < -0.39 is 5.91 Å². The van der Waals surface area contributed by atoms with Crippen LogP contribution in [0.2, 0.25) is 0 Å². The van der Waals surface area contributed by atoms with Crippen LogP contribution in [0.4, 0.5) is 0 Å². The average Bonchev–Trinajstić information content (AvgIpc) is 3.25. The van der Waals surface area contributed by atoms with E-state index in [0.717, 1.165) is 16.4 Å². The fourth-order valence-corrected chi connectivity index (χ4v) is 4.21. The molecule has 8 nitrogen and oxygen atoms in total. The highest BCUT2D eigenvalue weighted by Gasteiger charge is 2.36. The lowest BCUT2D eigenvalue weighted by molar-refractivity contribution is -0.114. The topological polar surface area (TPSA) is 96.6 Å². The first-order valence-electron chi connectivity index (χ1n) is 10.9. The molecule has 2 aromatic rings. The van der Waals surface area contributed by atoms with E-state index in [-0.39, 0.29) is 17.3 Å². The maximum Gasteiger partial charge on any atom is 0.283 e. The summed E-state index contributed by atoms with van der Waals surface area (Å²) in [7, 11) is 1.55. The number of hydrogen-bond acceptors (Lipinski definition) is 7. The Hall–Kier alpha value is -3.59. The number of ether oxygens (including phenoxy) is 3. The van der Waals surface area contributed by atoms with Crippen molar-refractivity contribution in [2.45, 2.75) is 20.8 Å². The first-order valence-corrected chi connectivity index (χ1v) is 11.7. The molecule has 0 atom stereocenters. The van der Waals surface area contributed by atoms with Crippen molar-refractivity contribution in [2.75, 3.05) is 20.3 Å². The molecule has 2 aliphatic heterocycles. The number of aryl methyl sites for hydroxylation is 1. The zero-order chi connectivity index (χ0) is 24.2. The largest absolute Gasteiger partial charge is 0.493 e. The number of benzene rings is 2. The molecule has 1 N–H and O–H groups in total. The Morgan fingerprint density at radius 1 is 1.09 bits per heavy atom. The summed E-state index contributed by atoms with van der Waals surface area (Å²) in [4.78, 5) is 16.7. The Morgan fingerprint density at radius 3 is 2.53 bits per heavy atom. The molecule has 1 amide bonds. The molecule has 2 aliphatic rings. The van der Waals surface area contributed by atoms with Gasteiger partial charge in [-0.3, -0.25) is 10.2 Å². The number of hydrogen-bond donors (Lipinski definition) is 1. The molecule has 0 saturated heterocycles. The van der Waals surface area contributed by atoms with Gasteiger partial charge >= 0.3 is 0 Å². The Bertz CT molecular complexity index is 1220. The number of carbonyl (C=O) groups is 1. The number of hydrazone groups is 1. The van der Waals surface area contributed by atoms with Crippen molar-refractivity contribution in [3.05, 3.63) is 59.2 Å². The maximum absolute atomic E-state index is 12.6. The van der Waals surface area contributed by atoms with Crippen LogP contribution in [0.15, 0.2) is 58.1 Å². The van der Waals surface area contributed by atoms with Crippen LogP contribution in [0.1, 0.15) is 25.0 Å². The van der Waals surface area contributed by atoms with E-state index >= 15 is 0 Å². The summed E-state index contributed by atoms with van der Waals surface area (Å²) in [6, 6.07) is 13.1. The third-order valence-electron chi connectivity index (χ3n) is 5.15. The molecule has 2 aromatic carbocycles. The average molecular weight is 479 g/mol. The van der Waals surface area contributed by atoms with Gasteiger partial charge in [0.05, 0.1) is 12.7 Å². The molecular weight excluding hydrogens is 452 g/mol. The van der Waals surface area contributed by atoms with Gasteiger partial charge in [-0.05, 0) is 54.1 Å². The number of rotatable bonds is 8. The van der Waals surface area contributed by atoms with Crippen molar-refractivity contribution in [3.8, 4) is 17.2 Å². The molecule has 0 spiro atoms. The Balaban J connectivity index is 1.45. The zero-order valence-corrected chi connectivity index (χ0v) is 20.3. The molecule has 4 rings (SSSR count). The molecule has 2 heterocycles. The van der Waals surface area contributed by atoms with Crippen LogP contribution < -0.4 is 14.2 Å². The zero-order valence-electron chi connectivity index (χ0n) is 19.5. The van der Waals surface area contributed by atoms with Gasteiger partial charge in [0.2, 0.25) is 5.17 Å². The van der Waals surface area contributed by atoms with Gasteiger partial charge in [-0.25, -0.2) is 0 Å². The molecule has 0 radical (unpaired) electrons. The van der Waals surface area contributed by atoms with Gasteiger partial charge in [-0.15, -0.1) is 0 Å². The fraction of sp³-hybridized carbons (Fsp3) is 0.280. The van der Waals surface area contributed by atoms with E-state index in [1.807, 2.05) is 45.0 Å². The highest BCUT2D eigenvalue weighted by Crippen LogP contribution is 2.32. The first-order chi connectivity index (χ1) is 16.4. The minimum atomic E-state index is -0.461. The van der Waals surface area contributed by atoms with Crippen molar-refractivity contribution in [2.24, 2.45) is 16.0 Å². The number of carbonyl (C=O) groups excluding carboxylic acids is 1. The molecular formula is C25H26N4O4S. The lowest BCUT2D eigenvalue weighted by Crippen LogP contribution is -2.35. The number of fused-ring (bicyclic) bond motifs is 1. The van der Waals surface area contributed by atoms with Gasteiger partial charge in [0.1, 0.15) is 24.0 Å². The standard InChI is InChI=1S/C25H26N4O4S/c1-15(2)24-28-29-22(26)18(23(30)27-25(29)34-24)13-17-9-10-20(21(14-17)31-4)33-12-11-32-19-8-6-5-7-16(19)3/h5-10,13-15,26H,11-12H2,1-4H3/b18-13+,26-22?. The number of amides is 1. The first kappa shape index (κ1) is 23.6. The highest BCUT2D eigenvalue weighted by atomic mass is 32.2. The summed E-state index contributed by atoms with van der Waals surface area (Å²) in [6.45, 7) is 6.75. The molecule has 0 aliphatic carbocycles. The Labute approximate surface area is 202 Å². The summed E-state index contributed by atoms with van der Waals surface area (Å²) < 4.78 is 17.1. The predicted molar refractivity (Wildman–Crippen MR) is 135 cm³/mol. The summed E-state index contributed by atoms with van der Waals surface area (Å²) in [5.74, 6) is 1.63. The minimum absolute atomic E-state index is 0.00537. The van der Waals surface area contributed by atoms with Gasteiger partial charge in [0.15, 0.2) is 17.3 Å². The summed E-state index contributed by atoms with van der Waals surface area (Å²) in [6.07, 6.45) is 1.62. The molecule has 0 unspecified atom stereocenters. The maximum atomic E-state index is 12.6. The van der Waals surface area contributed by atoms with Crippen LogP contribution in [-0.4, -0.2) is 47.3 Å². The third-order valence-corrected chi connectivity index (χ3v) is 6.36. The second kappa shape index (κ2) is 10.1. The van der Waals surface area contributed by atoms with Crippen molar-refractivity contribution in [1.29, 1.82) is 5.41 Å². The number of para-hydroxylation sites is 1. The molecule has 0 saturated carbocycles. The van der Waals surface area contributed by atoms with Crippen LogP contribution in [0.3, 0.4) is 0 Å². The summed E-state index contributed by atoms with van der Waals surface area (Å²) in [5.41, 5.74) is 1.92. The van der Waals surface area contributed by atoms with Crippen molar-refractivity contribution in [1.82, 2.24) is 5.01 Å². The fourth-order valence-electron chi connectivity index (χ4n) is 3.32. The lowest BCUT2D eigenvalue weighted by Gasteiger charge is -2.20. The predicted octanol–water partition coefficient (Wildman–Crippen LogP) is 4.74. The van der Waals surface area contributed by atoms with Gasteiger partial charge in [-0.2, -0.15) is 15.1 Å². The van der Waals surface area contributed by atoms with Crippen LogP contribution in [-0.2, 0) is 4.79 Å². The number of amidine groups is 2. The molecule has 0 fully saturated rings. The monoisotopic (exact) mass is 478 g/mol. The molecule has 176 valence electrons. The van der Waals surface area contributed by atoms with Gasteiger partial charge in [0.25, 0.3) is 5.91 Å². The van der Waals surface area contributed by atoms with Gasteiger partial charge < -0.3 is 14.2 Å². The number of methoxy groups -OCH3 is 1. The van der Waals surface area contributed by atoms with Crippen LogP contribution in [0, 0.1) is 18.3 Å². The van der Waals surface area contributed by atoms with Gasteiger partial charge in [0, 0.05) is 5.92 Å². The Kier molecular flexibility index (Phi) is 7.02. The number of nitrogens with one attached hydrogen (secondary N) is 1. The van der Waals surface area contributed by atoms with E-state index in [9.17, 15) is 4.79 Å². The van der Waals surface area contributed by atoms with Gasteiger partial charge in [-0.1, -0.05) is 38.1 Å². The number of aliphatic imine (C=N–C) groups is 1. The van der Waals surface area contributed by atoms with Crippen molar-refractivity contribution < 1.29 is 19.0 Å². The van der Waals surface area contributed by atoms with E-state index in [1.54, 1.807) is 31.4 Å². The SMILES string of the molecule is COc1cc(/C=C2\C(=N)N3N=C(C(C)C)SC3=NC2=O)ccc1OCCOc1ccccc1C. The summed E-state index contributed by atoms with van der Waals surface area (Å²) in [5, 5.41) is 15.6. The van der Waals surface area contributed by atoms with E-state index in [1.165, 1.54) is 16.8 Å². The molecule has 9 heteroatoms. The van der Waals surface area contributed by atoms with E-state index in [4.69, 9.17) is 19.6 Å². The van der Waals surface area contributed by atoms with Crippen LogP contribution >= 0.6 is 11.8 Å². The third kappa shape index (κ3) is 4.99. The molecule has 0 aromatic heterocycles. The normalized spacial score (nSPS) is 16.5. The second-order valence-electron chi connectivity index (χ2n) is 7.99. The molecule has 0 bridgehead atoms. The van der Waals surface area contributed by atoms with Crippen molar-refractivity contribution in [3.63, 3.8) is 0 Å². The van der Waals surface area contributed by atoms with Crippen LogP contribution in [0.25, 0.3) is 6.08 Å². The minimum Gasteiger partial charge on any atom is -0.493 e. The van der Waals surface area contributed by atoms with E-state index in [0.29, 0.717) is 35.4 Å². The lowest BCUT2D eigenvalue weighted by atomic mass is 10.1. The molecule has 34 heavy (non-hydrogen) atoms. The van der Waals surface area contributed by atoms with Crippen molar-refractivity contribution >= 4 is 39.8 Å². The van der Waals surface area contributed by atoms with E-state index in [2.05, 4.69) is 10.1 Å². The smallest absolute Gasteiger partial charge is 0.283 e. The highest BCUT2D eigenvalue weighted by molar-refractivity contribution is 8.27. The quantitative estimate of drug-likeness (QED) is 0.435. The summed E-state index contributed by atoms with van der Waals surface area (Å²) >= 11 is 1.33. The van der Waals surface area contributed by atoms with Crippen LogP contribution in [0.5, 0.6) is 17.2 Å². The second-order valence-corrected chi connectivity index (χ2v) is 8.97. The number of thioether (sulfide) groups is 1. The Morgan fingerprint density at radius 2 is 1.82 bits per heavy atom.